The van der Waals surface area contributed by atoms with Gasteiger partial charge in [0.1, 0.15) is 0 Å². The van der Waals surface area contributed by atoms with Crippen molar-refractivity contribution in [2.45, 2.75) is 44.6 Å². The first-order valence-electron chi connectivity index (χ1n) is 6.40. The van der Waals surface area contributed by atoms with Gasteiger partial charge < -0.3 is 15.7 Å². The molecule has 88 valence electrons. The monoisotopic (exact) mass is 212 g/mol. The lowest BCUT2D eigenvalue weighted by molar-refractivity contribution is 0.0789. The van der Waals surface area contributed by atoms with Crippen LogP contribution in [0.1, 0.15) is 38.5 Å². The minimum absolute atomic E-state index is 0.195. The van der Waals surface area contributed by atoms with Gasteiger partial charge in [0, 0.05) is 31.2 Å². The van der Waals surface area contributed by atoms with Gasteiger partial charge in [0.15, 0.2) is 0 Å². The highest BCUT2D eigenvalue weighted by Gasteiger charge is 2.31. The second kappa shape index (κ2) is 5.28. The van der Waals surface area contributed by atoms with Crippen LogP contribution in [0.4, 0.5) is 0 Å². The molecule has 0 bridgehead atoms. The number of rotatable bonds is 4. The Bertz CT molecular complexity index is 184. The van der Waals surface area contributed by atoms with E-state index < -0.39 is 0 Å². The summed E-state index contributed by atoms with van der Waals surface area (Å²) in [7, 11) is 0. The highest BCUT2D eigenvalue weighted by molar-refractivity contribution is 4.87. The summed E-state index contributed by atoms with van der Waals surface area (Å²) in [5.74, 6) is 0. The molecule has 3 heteroatoms. The number of hydrogen-bond donors (Lipinski definition) is 3. The molecule has 1 saturated heterocycles. The number of aliphatic hydroxyl groups excluding tert-OH is 1. The Kier molecular flexibility index (Phi) is 4.00. The van der Waals surface area contributed by atoms with Gasteiger partial charge in [-0.25, -0.2) is 0 Å². The Labute approximate surface area is 92.6 Å². The zero-order valence-electron chi connectivity index (χ0n) is 9.60. The van der Waals surface area contributed by atoms with Crippen LogP contribution in [0.5, 0.6) is 0 Å². The van der Waals surface area contributed by atoms with Gasteiger partial charge in [0.2, 0.25) is 0 Å². The van der Waals surface area contributed by atoms with Crippen molar-refractivity contribution in [2.24, 2.45) is 5.41 Å². The van der Waals surface area contributed by atoms with Crippen LogP contribution in [-0.4, -0.2) is 37.4 Å². The summed E-state index contributed by atoms with van der Waals surface area (Å²) in [4.78, 5) is 0. The van der Waals surface area contributed by atoms with Crippen molar-refractivity contribution in [3.63, 3.8) is 0 Å². The van der Waals surface area contributed by atoms with Crippen molar-refractivity contribution in [1.29, 1.82) is 0 Å². The molecule has 0 aromatic carbocycles. The molecular weight excluding hydrogens is 188 g/mol. The normalized spacial score (nSPS) is 30.6. The summed E-state index contributed by atoms with van der Waals surface area (Å²) < 4.78 is 0. The van der Waals surface area contributed by atoms with Gasteiger partial charge in [0.25, 0.3) is 0 Å². The minimum Gasteiger partial charge on any atom is -0.396 e. The van der Waals surface area contributed by atoms with Crippen molar-refractivity contribution >= 4 is 0 Å². The standard InChI is InChI=1S/C12H24N2O/c15-10-12(5-2-1-3-6-12)9-14-11-4-7-13-8-11/h11,13-15H,1-10H2. The van der Waals surface area contributed by atoms with E-state index in [1.807, 2.05) is 0 Å². The number of hydrogen-bond acceptors (Lipinski definition) is 3. The fourth-order valence-corrected chi connectivity index (χ4v) is 2.88. The maximum atomic E-state index is 9.56. The molecular formula is C12H24N2O. The van der Waals surface area contributed by atoms with Crippen LogP contribution < -0.4 is 10.6 Å². The predicted molar refractivity (Wildman–Crippen MR) is 61.9 cm³/mol. The third-order valence-electron chi connectivity index (χ3n) is 4.08. The van der Waals surface area contributed by atoms with E-state index in [0.717, 1.165) is 19.6 Å². The van der Waals surface area contributed by atoms with Crippen LogP contribution in [-0.2, 0) is 0 Å². The second-order valence-electron chi connectivity index (χ2n) is 5.29. The zero-order valence-corrected chi connectivity index (χ0v) is 9.60. The van der Waals surface area contributed by atoms with E-state index >= 15 is 0 Å². The van der Waals surface area contributed by atoms with Crippen LogP contribution in [0, 0.1) is 5.41 Å². The molecule has 2 fully saturated rings. The molecule has 1 unspecified atom stereocenters. The Morgan fingerprint density at radius 1 is 1.27 bits per heavy atom. The van der Waals surface area contributed by atoms with E-state index in [2.05, 4.69) is 10.6 Å². The SMILES string of the molecule is OCC1(CNC2CCNC2)CCCCC1. The predicted octanol–water partition coefficient (Wildman–Crippen LogP) is 0.881. The molecule has 1 saturated carbocycles. The smallest absolute Gasteiger partial charge is 0.0499 e. The molecule has 0 amide bonds. The third-order valence-corrected chi connectivity index (χ3v) is 4.08. The lowest BCUT2D eigenvalue weighted by atomic mass is 9.74. The van der Waals surface area contributed by atoms with E-state index in [4.69, 9.17) is 0 Å². The first-order chi connectivity index (χ1) is 7.35. The van der Waals surface area contributed by atoms with Gasteiger partial charge in [-0.15, -0.1) is 0 Å². The summed E-state index contributed by atoms with van der Waals surface area (Å²) in [6, 6.07) is 0.635. The van der Waals surface area contributed by atoms with Crippen LogP contribution in [0.3, 0.4) is 0 Å². The van der Waals surface area contributed by atoms with Crippen LogP contribution in [0.15, 0.2) is 0 Å². The topological polar surface area (TPSA) is 44.3 Å². The minimum atomic E-state index is 0.195. The quantitative estimate of drug-likeness (QED) is 0.648. The molecule has 0 aromatic rings. The molecule has 3 N–H and O–H groups in total. The van der Waals surface area contributed by atoms with Crippen LogP contribution in [0.25, 0.3) is 0 Å². The van der Waals surface area contributed by atoms with E-state index in [9.17, 15) is 5.11 Å². The van der Waals surface area contributed by atoms with Gasteiger partial charge in [-0.05, 0) is 25.8 Å². The molecule has 1 heterocycles. The summed E-state index contributed by atoms with van der Waals surface area (Å²) in [6.07, 6.45) is 7.60. The first kappa shape index (κ1) is 11.4. The van der Waals surface area contributed by atoms with E-state index in [1.54, 1.807) is 0 Å². The molecule has 2 aliphatic rings. The Hall–Kier alpha value is -0.120. The number of aliphatic hydroxyl groups is 1. The van der Waals surface area contributed by atoms with Crippen molar-refractivity contribution < 1.29 is 5.11 Å². The van der Waals surface area contributed by atoms with Crippen LogP contribution in [0.2, 0.25) is 0 Å². The third kappa shape index (κ3) is 2.92. The van der Waals surface area contributed by atoms with Crippen molar-refractivity contribution in [1.82, 2.24) is 10.6 Å². The molecule has 3 nitrogen and oxygen atoms in total. The Balaban J connectivity index is 1.78. The summed E-state index contributed by atoms with van der Waals surface area (Å²) in [5, 5.41) is 16.5. The number of nitrogens with one attached hydrogen (secondary N) is 2. The van der Waals surface area contributed by atoms with Crippen molar-refractivity contribution in [2.75, 3.05) is 26.2 Å². The van der Waals surface area contributed by atoms with Crippen LogP contribution >= 0.6 is 0 Å². The maximum absolute atomic E-state index is 9.56. The van der Waals surface area contributed by atoms with Gasteiger partial charge in [0.05, 0.1) is 0 Å². The van der Waals surface area contributed by atoms with E-state index in [-0.39, 0.29) is 5.41 Å². The average molecular weight is 212 g/mol. The molecule has 1 atom stereocenters. The largest absolute Gasteiger partial charge is 0.396 e. The molecule has 0 spiro atoms. The second-order valence-corrected chi connectivity index (χ2v) is 5.29. The molecule has 15 heavy (non-hydrogen) atoms. The summed E-state index contributed by atoms with van der Waals surface area (Å²) in [5.41, 5.74) is 0.195. The van der Waals surface area contributed by atoms with Crippen molar-refractivity contribution in [3.8, 4) is 0 Å². The molecule has 0 radical (unpaired) electrons. The summed E-state index contributed by atoms with van der Waals surface area (Å²) in [6.45, 7) is 3.61. The molecule has 1 aliphatic carbocycles. The lowest BCUT2D eigenvalue weighted by Gasteiger charge is -2.36. The first-order valence-corrected chi connectivity index (χ1v) is 6.40. The van der Waals surface area contributed by atoms with E-state index in [1.165, 1.54) is 38.5 Å². The fraction of sp³-hybridized carbons (Fsp3) is 1.00. The van der Waals surface area contributed by atoms with Gasteiger partial charge >= 0.3 is 0 Å². The maximum Gasteiger partial charge on any atom is 0.0499 e. The van der Waals surface area contributed by atoms with Gasteiger partial charge in [-0.1, -0.05) is 19.3 Å². The van der Waals surface area contributed by atoms with Gasteiger partial charge in [-0.3, -0.25) is 0 Å². The van der Waals surface area contributed by atoms with E-state index in [0.29, 0.717) is 12.6 Å². The molecule has 2 rings (SSSR count). The zero-order chi connectivity index (χ0) is 10.6. The summed E-state index contributed by atoms with van der Waals surface area (Å²) >= 11 is 0. The average Bonchev–Trinajstić information content (AvgIpc) is 2.81. The van der Waals surface area contributed by atoms with Gasteiger partial charge in [-0.2, -0.15) is 0 Å². The highest BCUT2D eigenvalue weighted by Crippen LogP contribution is 2.35. The molecule has 1 aliphatic heterocycles. The lowest BCUT2D eigenvalue weighted by Crippen LogP contribution is -2.43. The Morgan fingerprint density at radius 2 is 2.07 bits per heavy atom. The fourth-order valence-electron chi connectivity index (χ4n) is 2.88. The van der Waals surface area contributed by atoms with Crippen molar-refractivity contribution in [3.05, 3.63) is 0 Å². The highest BCUT2D eigenvalue weighted by atomic mass is 16.3. The Morgan fingerprint density at radius 3 is 2.67 bits per heavy atom. The molecule has 0 aromatic heterocycles.